The molecular weight excluding hydrogens is 296 g/mol. The van der Waals surface area contributed by atoms with E-state index in [0.29, 0.717) is 30.5 Å². The molecule has 5 nitrogen and oxygen atoms in total. The van der Waals surface area contributed by atoms with Crippen LogP contribution >= 0.6 is 11.3 Å². The van der Waals surface area contributed by atoms with E-state index in [1.807, 2.05) is 12.4 Å². The zero-order chi connectivity index (χ0) is 14.6. The zero-order valence-electron chi connectivity index (χ0n) is 12.0. The molecule has 114 valence electrons. The number of rotatable bonds is 6. The Labute approximate surface area is 125 Å². The van der Waals surface area contributed by atoms with Gasteiger partial charge in [-0.15, -0.1) is 11.3 Å². The molecule has 0 amide bonds. The summed E-state index contributed by atoms with van der Waals surface area (Å²) in [6.45, 7) is 2.56. The van der Waals surface area contributed by atoms with Crippen LogP contribution in [-0.2, 0) is 21.3 Å². The first-order valence-electron chi connectivity index (χ1n) is 6.80. The fourth-order valence-corrected chi connectivity index (χ4v) is 5.10. The average molecular weight is 318 g/mol. The van der Waals surface area contributed by atoms with E-state index < -0.39 is 10.0 Å². The molecule has 2 heterocycles. The summed E-state index contributed by atoms with van der Waals surface area (Å²) in [5, 5.41) is 4.84. The molecule has 0 spiro atoms. The van der Waals surface area contributed by atoms with Crippen LogP contribution in [0.5, 0.6) is 0 Å². The lowest BCUT2D eigenvalue weighted by Crippen LogP contribution is -2.35. The molecule has 1 unspecified atom stereocenters. The van der Waals surface area contributed by atoms with Crippen molar-refractivity contribution >= 4 is 21.4 Å². The van der Waals surface area contributed by atoms with Crippen molar-refractivity contribution in [2.24, 2.45) is 5.92 Å². The highest BCUT2D eigenvalue weighted by atomic mass is 32.2. The molecule has 1 saturated heterocycles. The van der Waals surface area contributed by atoms with Gasteiger partial charge in [-0.2, -0.15) is 0 Å². The second-order valence-electron chi connectivity index (χ2n) is 5.11. The maximum absolute atomic E-state index is 12.6. The molecule has 7 heteroatoms. The fraction of sp³-hybridized carbons (Fsp3) is 0.692. The lowest BCUT2D eigenvalue weighted by atomic mass is 10.0. The summed E-state index contributed by atoms with van der Waals surface area (Å²) in [6, 6.07) is 1.69. The third-order valence-electron chi connectivity index (χ3n) is 3.50. The Morgan fingerprint density at radius 1 is 1.55 bits per heavy atom. The quantitative estimate of drug-likeness (QED) is 0.864. The molecule has 1 aromatic rings. The van der Waals surface area contributed by atoms with E-state index in [-0.39, 0.29) is 0 Å². The first-order valence-corrected chi connectivity index (χ1v) is 9.12. The number of sulfonamides is 1. The minimum atomic E-state index is -3.40. The van der Waals surface area contributed by atoms with E-state index in [9.17, 15) is 8.42 Å². The Hall–Kier alpha value is -0.470. The Kier molecular flexibility index (Phi) is 5.57. The van der Waals surface area contributed by atoms with Crippen LogP contribution in [0.15, 0.2) is 16.3 Å². The summed E-state index contributed by atoms with van der Waals surface area (Å²) in [5.41, 5.74) is 0. The molecule has 1 atom stereocenters. The van der Waals surface area contributed by atoms with Gasteiger partial charge in [0, 0.05) is 31.6 Å². The van der Waals surface area contributed by atoms with Crippen molar-refractivity contribution in [2.75, 3.05) is 33.9 Å². The molecule has 1 aliphatic rings. The summed E-state index contributed by atoms with van der Waals surface area (Å²) in [5.74, 6) is 0.301. The molecule has 0 bridgehead atoms. The summed E-state index contributed by atoms with van der Waals surface area (Å²) >= 11 is 1.47. The molecule has 0 aromatic carbocycles. The maximum atomic E-state index is 12.6. The zero-order valence-corrected chi connectivity index (χ0v) is 13.6. The van der Waals surface area contributed by atoms with Gasteiger partial charge in [-0.3, -0.25) is 0 Å². The minimum absolute atomic E-state index is 0.301. The van der Waals surface area contributed by atoms with E-state index in [4.69, 9.17) is 4.74 Å². The lowest BCUT2D eigenvalue weighted by Gasteiger charge is -2.26. The maximum Gasteiger partial charge on any atom is 0.243 e. The number of hydrogen-bond acceptors (Lipinski definition) is 5. The third kappa shape index (κ3) is 3.59. The smallest absolute Gasteiger partial charge is 0.243 e. The van der Waals surface area contributed by atoms with Crippen LogP contribution in [-0.4, -0.2) is 46.6 Å². The van der Waals surface area contributed by atoms with Gasteiger partial charge in [0.25, 0.3) is 0 Å². The van der Waals surface area contributed by atoms with Gasteiger partial charge in [0.1, 0.15) is 0 Å². The van der Waals surface area contributed by atoms with Gasteiger partial charge >= 0.3 is 0 Å². The van der Waals surface area contributed by atoms with Crippen molar-refractivity contribution in [2.45, 2.75) is 24.3 Å². The van der Waals surface area contributed by atoms with Gasteiger partial charge in [-0.1, -0.05) is 0 Å². The third-order valence-corrected chi connectivity index (χ3v) is 6.46. The Morgan fingerprint density at radius 3 is 3.00 bits per heavy atom. The number of hydrogen-bond donors (Lipinski definition) is 1. The first-order chi connectivity index (χ1) is 9.55. The summed E-state index contributed by atoms with van der Waals surface area (Å²) in [4.78, 5) is 1.29. The number of thiophene rings is 1. The average Bonchev–Trinajstić information content (AvgIpc) is 2.89. The van der Waals surface area contributed by atoms with Crippen LogP contribution in [0.3, 0.4) is 0 Å². The molecule has 1 fully saturated rings. The van der Waals surface area contributed by atoms with Gasteiger partial charge in [0.15, 0.2) is 0 Å². The number of ether oxygens (including phenoxy) is 1. The lowest BCUT2D eigenvalue weighted by molar-refractivity contribution is 0.0495. The molecule has 2 rings (SSSR count). The van der Waals surface area contributed by atoms with Crippen molar-refractivity contribution in [3.05, 3.63) is 16.3 Å². The highest BCUT2D eigenvalue weighted by molar-refractivity contribution is 7.89. The Balaban J connectivity index is 2.10. The Bertz CT molecular complexity index is 521. The van der Waals surface area contributed by atoms with E-state index in [0.717, 1.165) is 24.3 Å². The molecule has 0 aliphatic carbocycles. The molecule has 1 N–H and O–H groups in total. The molecule has 1 aliphatic heterocycles. The van der Waals surface area contributed by atoms with Crippen LogP contribution in [0.25, 0.3) is 0 Å². The normalized spacial score (nSPS) is 20.4. The molecule has 20 heavy (non-hydrogen) atoms. The van der Waals surface area contributed by atoms with Crippen molar-refractivity contribution in [1.29, 1.82) is 0 Å². The summed E-state index contributed by atoms with van der Waals surface area (Å²) < 4.78 is 32.1. The molecule has 1 aromatic heterocycles. The number of nitrogens with one attached hydrogen (secondary N) is 1. The van der Waals surface area contributed by atoms with Crippen LogP contribution in [0.1, 0.15) is 17.7 Å². The van der Waals surface area contributed by atoms with E-state index in [1.54, 1.807) is 13.1 Å². The molecule has 0 radical (unpaired) electrons. The van der Waals surface area contributed by atoms with Crippen molar-refractivity contribution < 1.29 is 13.2 Å². The van der Waals surface area contributed by atoms with Crippen LogP contribution in [0, 0.1) is 5.92 Å². The largest absolute Gasteiger partial charge is 0.381 e. The van der Waals surface area contributed by atoms with E-state index >= 15 is 0 Å². The number of nitrogens with zero attached hydrogens (tertiary/aromatic N) is 1. The Morgan fingerprint density at radius 2 is 2.35 bits per heavy atom. The van der Waals surface area contributed by atoms with Crippen molar-refractivity contribution in [1.82, 2.24) is 9.62 Å². The van der Waals surface area contributed by atoms with Crippen LogP contribution in [0.4, 0.5) is 0 Å². The topological polar surface area (TPSA) is 58.6 Å². The van der Waals surface area contributed by atoms with Gasteiger partial charge in [0.05, 0.1) is 11.5 Å². The van der Waals surface area contributed by atoms with Gasteiger partial charge < -0.3 is 10.1 Å². The first kappa shape index (κ1) is 15.9. The second kappa shape index (κ2) is 7.00. The highest BCUT2D eigenvalue weighted by Gasteiger charge is 2.27. The van der Waals surface area contributed by atoms with E-state index in [1.165, 1.54) is 15.6 Å². The SMILES string of the molecule is CNCc1sccc1S(=O)(=O)N(C)CC1CCCOC1. The van der Waals surface area contributed by atoms with Crippen molar-refractivity contribution in [3.8, 4) is 0 Å². The highest BCUT2D eigenvalue weighted by Crippen LogP contribution is 2.26. The summed E-state index contributed by atoms with van der Waals surface area (Å²) in [7, 11) is 0.0765. The summed E-state index contributed by atoms with van der Waals surface area (Å²) in [6.07, 6.45) is 2.05. The van der Waals surface area contributed by atoms with Crippen LogP contribution in [0.2, 0.25) is 0 Å². The molecular formula is C13H22N2O3S2. The van der Waals surface area contributed by atoms with Gasteiger partial charge in [-0.25, -0.2) is 12.7 Å². The second-order valence-corrected chi connectivity index (χ2v) is 8.12. The minimum Gasteiger partial charge on any atom is -0.381 e. The predicted octanol–water partition coefficient (Wildman–Crippen LogP) is 1.51. The molecule has 0 saturated carbocycles. The van der Waals surface area contributed by atoms with Crippen molar-refractivity contribution in [3.63, 3.8) is 0 Å². The van der Waals surface area contributed by atoms with E-state index in [2.05, 4.69) is 5.32 Å². The van der Waals surface area contributed by atoms with Gasteiger partial charge in [-0.05, 0) is 37.3 Å². The fourth-order valence-electron chi connectivity index (χ4n) is 2.43. The monoisotopic (exact) mass is 318 g/mol. The van der Waals surface area contributed by atoms with Crippen LogP contribution < -0.4 is 5.32 Å². The van der Waals surface area contributed by atoms with Gasteiger partial charge in [0.2, 0.25) is 10.0 Å². The standard InChI is InChI=1S/C13H22N2O3S2/c1-14-8-12-13(5-7-19-12)20(16,17)15(2)9-11-4-3-6-18-10-11/h5,7,11,14H,3-4,6,8-10H2,1-2H3. The predicted molar refractivity (Wildman–Crippen MR) is 80.4 cm³/mol.